The van der Waals surface area contributed by atoms with Gasteiger partial charge in [-0.2, -0.15) is 0 Å². The molecule has 2 aromatic carbocycles. The predicted octanol–water partition coefficient (Wildman–Crippen LogP) is 4.21. The summed E-state index contributed by atoms with van der Waals surface area (Å²) in [7, 11) is -3.81. The van der Waals surface area contributed by atoms with Crippen molar-refractivity contribution in [2.75, 3.05) is 0 Å². The van der Waals surface area contributed by atoms with Gasteiger partial charge in [-0.3, -0.25) is 0 Å². The minimum Gasteiger partial charge on any atom is -0.223 e. The van der Waals surface area contributed by atoms with Crippen LogP contribution in [0.25, 0.3) is 0 Å². The van der Waals surface area contributed by atoms with E-state index < -0.39 is 21.8 Å². The van der Waals surface area contributed by atoms with Crippen molar-refractivity contribution in [1.29, 1.82) is 0 Å². The van der Waals surface area contributed by atoms with Gasteiger partial charge in [0.05, 0.1) is 10.6 Å². The van der Waals surface area contributed by atoms with Gasteiger partial charge in [-0.05, 0) is 42.7 Å². The van der Waals surface area contributed by atoms with Crippen molar-refractivity contribution in [3.8, 4) is 0 Å². The SMILES string of the molecule is Cc1cc(C(F)F)c(S(=O)(=O)Cc2ccccc2)cc1C. The van der Waals surface area contributed by atoms with E-state index in [-0.39, 0.29) is 10.6 Å². The van der Waals surface area contributed by atoms with Crippen molar-refractivity contribution >= 4 is 9.84 Å². The number of rotatable bonds is 4. The Labute approximate surface area is 123 Å². The number of hydrogen-bond donors (Lipinski definition) is 0. The monoisotopic (exact) mass is 310 g/mol. The van der Waals surface area contributed by atoms with Gasteiger partial charge in [0.15, 0.2) is 9.84 Å². The molecule has 0 amide bonds. The highest BCUT2D eigenvalue weighted by Gasteiger charge is 2.24. The molecule has 5 heteroatoms. The van der Waals surface area contributed by atoms with E-state index in [1.807, 2.05) is 0 Å². The largest absolute Gasteiger partial charge is 0.265 e. The standard InChI is InChI=1S/C16H16F2O2S/c1-11-8-14(16(17)18)15(9-12(11)2)21(19,20)10-13-6-4-3-5-7-13/h3-9,16H,10H2,1-2H3. The van der Waals surface area contributed by atoms with Crippen molar-refractivity contribution in [3.63, 3.8) is 0 Å². The quantitative estimate of drug-likeness (QED) is 0.847. The summed E-state index contributed by atoms with van der Waals surface area (Å²) in [5.41, 5.74) is 1.50. The molecule has 0 aromatic heterocycles. The van der Waals surface area contributed by atoms with Crippen molar-refractivity contribution < 1.29 is 17.2 Å². The van der Waals surface area contributed by atoms with E-state index in [2.05, 4.69) is 0 Å². The van der Waals surface area contributed by atoms with Crippen LogP contribution in [0, 0.1) is 13.8 Å². The summed E-state index contributed by atoms with van der Waals surface area (Å²) in [4.78, 5) is -0.274. The fourth-order valence-corrected chi connectivity index (χ4v) is 3.77. The molecule has 0 aliphatic heterocycles. The Hall–Kier alpha value is -1.75. The predicted molar refractivity (Wildman–Crippen MR) is 78.2 cm³/mol. The van der Waals surface area contributed by atoms with Gasteiger partial charge in [-0.15, -0.1) is 0 Å². The number of sulfone groups is 1. The second kappa shape index (κ2) is 5.93. The molecule has 0 radical (unpaired) electrons. The lowest BCUT2D eigenvalue weighted by Gasteiger charge is -2.13. The number of aryl methyl sites for hydroxylation is 2. The van der Waals surface area contributed by atoms with Crippen molar-refractivity contribution in [1.82, 2.24) is 0 Å². The topological polar surface area (TPSA) is 34.1 Å². The van der Waals surface area contributed by atoms with Crippen molar-refractivity contribution in [3.05, 3.63) is 64.7 Å². The van der Waals surface area contributed by atoms with Gasteiger partial charge in [0.1, 0.15) is 0 Å². The van der Waals surface area contributed by atoms with Gasteiger partial charge in [0, 0.05) is 5.56 Å². The van der Waals surface area contributed by atoms with E-state index in [1.54, 1.807) is 44.2 Å². The Morgan fingerprint density at radius 2 is 1.57 bits per heavy atom. The lowest BCUT2D eigenvalue weighted by Crippen LogP contribution is -2.09. The third-order valence-electron chi connectivity index (χ3n) is 3.40. The molecular formula is C16H16F2O2S. The molecular weight excluding hydrogens is 294 g/mol. The fourth-order valence-electron chi connectivity index (χ4n) is 2.12. The van der Waals surface area contributed by atoms with Crippen molar-refractivity contribution in [2.45, 2.75) is 30.9 Å². The van der Waals surface area contributed by atoms with Gasteiger partial charge in [-0.1, -0.05) is 30.3 Å². The summed E-state index contributed by atoms with van der Waals surface area (Å²) in [5.74, 6) is -0.282. The zero-order chi connectivity index (χ0) is 15.6. The maximum atomic E-state index is 13.1. The first-order valence-electron chi connectivity index (χ1n) is 6.47. The second-order valence-corrected chi connectivity index (χ2v) is 6.98. The van der Waals surface area contributed by atoms with Gasteiger partial charge < -0.3 is 0 Å². The third kappa shape index (κ3) is 3.47. The van der Waals surface area contributed by atoms with Crippen LogP contribution in [0.2, 0.25) is 0 Å². The average molecular weight is 310 g/mol. The molecule has 0 aliphatic carbocycles. The van der Waals surface area contributed by atoms with Crippen LogP contribution in [0.5, 0.6) is 0 Å². The summed E-state index contributed by atoms with van der Waals surface area (Å²) < 4.78 is 51.2. The molecule has 0 N–H and O–H groups in total. The fraction of sp³-hybridized carbons (Fsp3) is 0.250. The van der Waals surface area contributed by atoms with E-state index in [9.17, 15) is 17.2 Å². The molecule has 0 bridgehead atoms. The van der Waals surface area contributed by atoms with Crippen LogP contribution < -0.4 is 0 Å². The van der Waals surface area contributed by atoms with Crippen LogP contribution in [-0.4, -0.2) is 8.42 Å². The zero-order valence-corrected chi connectivity index (χ0v) is 12.6. The van der Waals surface area contributed by atoms with Crippen molar-refractivity contribution in [2.24, 2.45) is 0 Å². The third-order valence-corrected chi connectivity index (χ3v) is 5.13. The summed E-state index contributed by atoms with van der Waals surface area (Å²) in [6.45, 7) is 3.40. The molecule has 0 fully saturated rings. The van der Waals surface area contributed by atoms with Crippen LogP contribution in [0.1, 0.15) is 28.7 Å². The van der Waals surface area contributed by atoms with Crippen LogP contribution in [-0.2, 0) is 15.6 Å². The molecule has 0 spiro atoms. The van der Waals surface area contributed by atoms with Gasteiger partial charge in [0.2, 0.25) is 0 Å². The summed E-state index contributed by atoms with van der Waals surface area (Å²) >= 11 is 0. The normalized spacial score (nSPS) is 11.9. The minimum absolute atomic E-state index is 0.274. The van der Waals surface area contributed by atoms with E-state index in [1.165, 1.54) is 12.1 Å². The van der Waals surface area contributed by atoms with E-state index >= 15 is 0 Å². The molecule has 0 saturated carbocycles. The second-order valence-electron chi connectivity index (χ2n) is 5.02. The molecule has 2 rings (SSSR count). The molecule has 0 saturated heterocycles. The minimum atomic E-state index is -3.81. The van der Waals surface area contributed by atoms with Gasteiger partial charge in [0.25, 0.3) is 6.43 Å². The number of hydrogen-bond acceptors (Lipinski definition) is 2. The number of alkyl halides is 2. The summed E-state index contributed by atoms with van der Waals surface area (Å²) in [6.07, 6.45) is -2.81. The average Bonchev–Trinajstić information content (AvgIpc) is 2.41. The molecule has 0 atom stereocenters. The molecule has 0 heterocycles. The first-order chi connectivity index (χ1) is 9.81. The molecule has 2 nitrogen and oxygen atoms in total. The molecule has 21 heavy (non-hydrogen) atoms. The summed E-state index contributed by atoms with van der Waals surface area (Å²) in [5, 5.41) is 0. The highest BCUT2D eigenvalue weighted by molar-refractivity contribution is 7.90. The lowest BCUT2D eigenvalue weighted by atomic mass is 10.1. The Morgan fingerprint density at radius 1 is 1.00 bits per heavy atom. The first-order valence-corrected chi connectivity index (χ1v) is 8.12. The number of halogens is 2. The Morgan fingerprint density at radius 3 is 2.14 bits per heavy atom. The highest BCUT2D eigenvalue weighted by Crippen LogP contribution is 2.31. The van der Waals surface area contributed by atoms with Gasteiger partial charge in [-0.25, -0.2) is 17.2 Å². The lowest BCUT2D eigenvalue weighted by molar-refractivity contribution is 0.148. The van der Waals surface area contributed by atoms with E-state index in [0.717, 1.165) is 0 Å². The van der Waals surface area contributed by atoms with Gasteiger partial charge >= 0.3 is 0 Å². The molecule has 0 aliphatic rings. The van der Waals surface area contributed by atoms with Crippen LogP contribution in [0.3, 0.4) is 0 Å². The van der Waals surface area contributed by atoms with E-state index in [4.69, 9.17) is 0 Å². The Bertz CT molecular complexity index is 738. The molecule has 2 aromatic rings. The Kier molecular flexibility index (Phi) is 4.42. The summed E-state index contributed by atoms with van der Waals surface area (Å²) in [6, 6.07) is 11.2. The van der Waals surface area contributed by atoms with E-state index in [0.29, 0.717) is 16.7 Å². The zero-order valence-electron chi connectivity index (χ0n) is 11.8. The first kappa shape index (κ1) is 15.6. The molecule has 112 valence electrons. The maximum Gasteiger partial charge on any atom is 0.265 e. The highest BCUT2D eigenvalue weighted by atomic mass is 32.2. The number of benzene rings is 2. The van der Waals surface area contributed by atoms with Crippen LogP contribution >= 0.6 is 0 Å². The Balaban J connectivity index is 2.51. The van der Waals surface area contributed by atoms with Crippen LogP contribution in [0.4, 0.5) is 8.78 Å². The smallest absolute Gasteiger partial charge is 0.223 e. The maximum absolute atomic E-state index is 13.1. The molecule has 0 unspecified atom stereocenters. The van der Waals surface area contributed by atoms with Crippen LogP contribution in [0.15, 0.2) is 47.4 Å².